The Morgan fingerprint density at radius 2 is 1.47 bits per heavy atom. The van der Waals surface area contributed by atoms with E-state index in [-0.39, 0.29) is 23.1 Å². The van der Waals surface area contributed by atoms with Crippen molar-refractivity contribution in [2.45, 2.75) is 67.3 Å². The van der Waals surface area contributed by atoms with Gasteiger partial charge in [0.05, 0.1) is 33.5 Å². The summed E-state index contributed by atoms with van der Waals surface area (Å²) < 4.78 is 39.8. The number of nitrogens with zero attached hydrogens (tertiary/aromatic N) is 2. The number of nitrogens with one attached hydrogen (secondary N) is 1. The fourth-order valence-corrected chi connectivity index (χ4v) is 12.2. The molecule has 1 N–H and O–H groups in total. The van der Waals surface area contributed by atoms with Crippen molar-refractivity contribution in [1.82, 2.24) is 9.55 Å². The van der Waals surface area contributed by atoms with Crippen molar-refractivity contribution in [3.63, 3.8) is 0 Å². The third kappa shape index (κ3) is 8.53. The number of aromatic nitrogens is 2. The van der Waals surface area contributed by atoms with E-state index < -0.39 is 37.3 Å². The second-order valence-corrected chi connectivity index (χ2v) is 17.9. The molecular weight excluding hydrogens is 762 g/mol. The Morgan fingerprint density at radius 3 is 2.09 bits per heavy atom. The van der Waals surface area contributed by atoms with Crippen LogP contribution in [-0.2, 0) is 24.1 Å². The minimum atomic E-state index is -1.27. The van der Waals surface area contributed by atoms with Crippen LogP contribution >= 0.6 is 19.0 Å². The number of carbonyl (C=O) groups is 1. The molecule has 4 aromatic carbocycles. The highest BCUT2D eigenvalue weighted by Gasteiger charge is 2.48. The lowest BCUT2D eigenvalue weighted by Gasteiger charge is -2.37. The van der Waals surface area contributed by atoms with Crippen molar-refractivity contribution >= 4 is 30.7 Å². The van der Waals surface area contributed by atoms with Gasteiger partial charge in [-0.2, -0.15) is 4.98 Å². The number of ether oxygens (including phenoxy) is 4. The fourth-order valence-electron chi connectivity index (χ4n) is 7.87. The predicted molar refractivity (Wildman–Crippen MR) is 221 cm³/mol. The maximum atomic E-state index is 13.6. The van der Waals surface area contributed by atoms with Crippen LogP contribution in [0.4, 0.5) is 5.82 Å². The second-order valence-electron chi connectivity index (χ2n) is 14.5. The molecule has 57 heavy (non-hydrogen) atoms. The number of amides is 1. The van der Waals surface area contributed by atoms with Gasteiger partial charge in [-0.05, 0) is 72.0 Å². The van der Waals surface area contributed by atoms with Crippen LogP contribution in [0.3, 0.4) is 0 Å². The number of carbonyl (C=O) groups excluding carboxylic acids is 1. The quantitative estimate of drug-likeness (QED) is 0.0913. The van der Waals surface area contributed by atoms with Crippen molar-refractivity contribution in [3.8, 4) is 11.5 Å². The van der Waals surface area contributed by atoms with Gasteiger partial charge in [0, 0.05) is 22.9 Å². The normalized spacial score (nSPS) is 21.6. The van der Waals surface area contributed by atoms with E-state index in [4.69, 9.17) is 28.0 Å². The zero-order valence-electron chi connectivity index (χ0n) is 32.0. The van der Waals surface area contributed by atoms with Crippen molar-refractivity contribution in [1.29, 1.82) is 0 Å². The molecule has 3 heterocycles. The number of benzene rings is 4. The summed E-state index contributed by atoms with van der Waals surface area (Å²) in [6.45, 7) is 0.785. The standard InChI is InChI=1S/C44H46N3O8PS/c1-50-35-20-16-33(17-21-35)44(32-14-8-4-9-15-32,34-18-22-36(51-2)23-19-34)52-29-38-37(55-56-53-30-43(57-56)25-10-5-11-26-43)28-40(54-38)47-27-24-39(46-42(47)49)45-41(48)31-12-6-3-7-13-31/h3-4,6-9,12-24,27,37-38,40H,5,10-11,25-26,28-30H2,1-2H3,(H,45,46,48,49)/t37-,38+,40+,56?/m0/s1. The minimum absolute atomic E-state index is 0.0842. The van der Waals surface area contributed by atoms with Crippen molar-refractivity contribution in [2.75, 3.05) is 32.8 Å². The van der Waals surface area contributed by atoms with E-state index in [9.17, 15) is 9.59 Å². The Kier molecular flexibility index (Phi) is 12.1. The Hall–Kier alpha value is -4.55. The Labute approximate surface area is 337 Å². The number of methoxy groups -OCH3 is 2. The molecule has 11 nitrogen and oxygen atoms in total. The van der Waals surface area contributed by atoms with E-state index in [0.29, 0.717) is 18.6 Å². The summed E-state index contributed by atoms with van der Waals surface area (Å²) >= 11 is 1.83. The first-order valence-electron chi connectivity index (χ1n) is 19.3. The van der Waals surface area contributed by atoms with Crippen molar-refractivity contribution < 1.29 is 32.8 Å². The predicted octanol–water partition coefficient (Wildman–Crippen LogP) is 8.89. The van der Waals surface area contributed by atoms with Gasteiger partial charge in [0.1, 0.15) is 35.2 Å². The van der Waals surface area contributed by atoms with Gasteiger partial charge >= 0.3 is 5.69 Å². The van der Waals surface area contributed by atoms with Gasteiger partial charge in [0.25, 0.3) is 5.91 Å². The largest absolute Gasteiger partial charge is 0.497 e. The smallest absolute Gasteiger partial charge is 0.351 e. The van der Waals surface area contributed by atoms with Crippen LogP contribution in [-0.4, -0.2) is 59.8 Å². The van der Waals surface area contributed by atoms with Gasteiger partial charge in [-0.25, -0.2) is 4.79 Å². The van der Waals surface area contributed by atoms with Gasteiger partial charge in [-0.1, -0.05) is 103 Å². The number of anilines is 1. The van der Waals surface area contributed by atoms with Crippen LogP contribution in [0.5, 0.6) is 11.5 Å². The van der Waals surface area contributed by atoms with E-state index in [1.54, 1.807) is 50.7 Å². The molecule has 0 bridgehead atoms. The zero-order chi connectivity index (χ0) is 39.2. The Bertz CT molecular complexity index is 2120. The molecule has 1 saturated carbocycles. The van der Waals surface area contributed by atoms with Crippen LogP contribution < -0.4 is 20.5 Å². The highest BCUT2D eigenvalue weighted by molar-refractivity contribution is 8.53. The highest BCUT2D eigenvalue weighted by Crippen LogP contribution is 2.68. The molecule has 0 radical (unpaired) electrons. The van der Waals surface area contributed by atoms with E-state index >= 15 is 0 Å². The molecule has 1 spiro atoms. The van der Waals surface area contributed by atoms with Crippen molar-refractivity contribution in [2.24, 2.45) is 0 Å². The summed E-state index contributed by atoms with van der Waals surface area (Å²) in [5.74, 6) is 1.25. The third-order valence-electron chi connectivity index (χ3n) is 10.9. The molecule has 1 unspecified atom stereocenters. The van der Waals surface area contributed by atoms with Crippen LogP contribution in [0, 0.1) is 0 Å². The van der Waals surface area contributed by atoms with Gasteiger partial charge < -0.3 is 33.3 Å². The second kappa shape index (κ2) is 17.5. The average Bonchev–Trinajstić information content (AvgIpc) is 3.85. The van der Waals surface area contributed by atoms with E-state index in [0.717, 1.165) is 41.0 Å². The molecule has 2 aliphatic heterocycles. The lowest BCUT2D eigenvalue weighted by atomic mass is 9.80. The van der Waals surface area contributed by atoms with Gasteiger partial charge in [0.15, 0.2) is 0 Å². The van der Waals surface area contributed by atoms with Crippen LogP contribution in [0.1, 0.15) is 71.8 Å². The lowest BCUT2D eigenvalue weighted by molar-refractivity contribution is -0.0913. The molecule has 3 fully saturated rings. The summed E-state index contributed by atoms with van der Waals surface area (Å²) in [5, 5.41) is 2.73. The first-order chi connectivity index (χ1) is 27.9. The minimum Gasteiger partial charge on any atom is -0.497 e. The fraction of sp³-hybridized carbons (Fsp3) is 0.341. The maximum Gasteiger partial charge on any atom is 0.351 e. The Morgan fingerprint density at radius 1 is 0.860 bits per heavy atom. The molecular formula is C44H46N3O8PS. The summed E-state index contributed by atoms with van der Waals surface area (Å²) in [7, 11) is 2.02. The molecule has 1 amide bonds. The zero-order valence-corrected chi connectivity index (χ0v) is 33.7. The first kappa shape index (κ1) is 39.3. The maximum absolute atomic E-state index is 13.6. The molecule has 1 aliphatic carbocycles. The van der Waals surface area contributed by atoms with Gasteiger partial charge in [0.2, 0.25) is 7.58 Å². The number of hydrogen-bond acceptors (Lipinski definition) is 10. The summed E-state index contributed by atoms with van der Waals surface area (Å²) in [5.41, 5.74) is 1.51. The first-order valence-corrected chi connectivity index (χ1v) is 21.9. The molecule has 4 atom stereocenters. The van der Waals surface area contributed by atoms with Crippen LogP contribution in [0.15, 0.2) is 126 Å². The number of rotatable bonds is 13. The van der Waals surface area contributed by atoms with Gasteiger partial charge in [-0.3, -0.25) is 9.36 Å². The van der Waals surface area contributed by atoms with Crippen molar-refractivity contribution in [3.05, 3.63) is 154 Å². The monoisotopic (exact) mass is 807 g/mol. The topological polar surface area (TPSA) is 119 Å². The van der Waals surface area contributed by atoms with E-state index in [1.165, 1.54) is 23.8 Å². The molecule has 296 valence electrons. The SMILES string of the molecule is COc1ccc(C(OC[C@H]2O[C@@H](n3ccc(NC(=O)c4ccccc4)nc3=O)C[C@@H]2OP2OCC3(CCCCC3)S2)(c2ccccc2)c2ccc(OC)cc2)cc1. The molecule has 3 aliphatic rings. The average molecular weight is 808 g/mol. The third-order valence-corrected chi connectivity index (χ3v) is 15.0. The Balaban J connectivity index is 1.11. The van der Waals surface area contributed by atoms with Gasteiger partial charge in [-0.15, -0.1) is 0 Å². The number of hydrogen-bond donors (Lipinski definition) is 1. The van der Waals surface area contributed by atoms with Crippen LogP contribution in [0.25, 0.3) is 0 Å². The molecule has 1 aromatic heterocycles. The van der Waals surface area contributed by atoms with Crippen LogP contribution in [0.2, 0.25) is 0 Å². The van der Waals surface area contributed by atoms with E-state index in [1.807, 2.05) is 84.2 Å². The summed E-state index contributed by atoms with van der Waals surface area (Å²) in [4.78, 5) is 30.6. The summed E-state index contributed by atoms with van der Waals surface area (Å²) in [6, 6.07) is 36.3. The lowest BCUT2D eigenvalue weighted by Crippen LogP contribution is -2.38. The highest BCUT2D eigenvalue weighted by atomic mass is 32.7. The molecule has 2 saturated heterocycles. The van der Waals surface area contributed by atoms with E-state index in [2.05, 4.69) is 22.4 Å². The molecule has 8 rings (SSSR count). The molecule has 13 heteroatoms. The summed E-state index contributed by atoms with van der Waals surface area (Å²) in [6.07, 6.45) is 6.09. The molecule has 5 aromatic rings.